The number of halogens is 2. The van der Waals surface area contributed by atoms with Crippen LogP contribution >= 0.6 is 0 Å². The fourth-order valence-corrected chi connectivity index (χ4v) is 2.38. The average molecular weight is 268 g/mol. The van der Waals surface area contributed by atoms with Gasteiger partial charge in [0.2, 0.25) is 0 Å². The quantitative estimate of drug-likeness (QED) is 0.796. The molecule has 1 aliphatic rings. The molecule has 0 saturated carbocycles. The highest BCUT2D eigenvalue weighted by molar-refractivity contribution is 5.99. The van der Waals surface area contributed by atoms with Crippen molar-refractivity contribution in [3.05, 3.63) is 29.3 Å². The molecule has 1 amide bonds. The van der Waals surface area contributed by atoms with E-state index >= 15 is 0 Å². The molecule has 19 heavy (non-hydrogen) atoms. The molecule has 0 aromatic heterocycles. The van der Waals surface area contributed by atoms with Crippen LogP contribution in [0.4, 0.5) is 14.5 Å². The number of carbonyl (C=O) groups excluding carboxylic acids is 1. The second kappa shape index (κ2) is 5.55. The van der Waals surface area contributed by atoms with Gasteiger partial charge in [-0.05, 0) is 31.2 Å². The highest BCUT2D eigenvalue weighted by atomic mass is 19.2. The van der Waals surface area contributed by atoms with E-state index in [-0.39, 0.29) is 17.2 Å². The van der Waals surface area contributed by atoms with Gasteiger partial charge in [-0.3, -0.25) is 4.79 Å². The summed E-state index contributed by atoms with van der Waals surface area (Å²) in [6.07, 6.45) is 2.93. The number of nitrogens with zero attached hydrogens (tertiary/aromatic N) is 1. The zero-order valence-electron chi connectivity index (χ0n) is 11.0. The summed E-state index contributed by atoms with van der Waals surface area (Å²) in [7, 11) is 0. The number of hydrogen-bond donors (Lipinski definition) is 1. The van der Waals surface area contributed by atoms with Crippen molar-refractivity contribution in [3.63, 3.8) is 0 Å². The molecule has 1 heterocycles. The van der Waals surface area contributed by atoms with Crippen molar-refractivity contribution >= 4 is 11.6 Å². The van der Waals surface area contributed by atoms with Gasteiger partial charge < -0.3 is 10.6 Å². The van der Waals surface area contributed by atoms with E-state index in [1.54, 1.807) is 4.90 Å². The molecule has 1 aromatic rings. The summed E-state index contributed by atoms with van der Waals surface area (Å²) in [5.41, 5.74) is 5.65. The van der Waals surface area contributed by atoms with Crippen LogP contribution in [-0.2, 0) is 0 Å². The van der Waals surface area contributed by atoms with Crippen molar-refractivity contribution in [2.45, 2.75) is 26.2 Å². The summed E-state index contributed by atoms with van der Waals surface area (Å²) < 4.78 is 26.2. The van der Waals surface area contributed by atoms with Crippen LogP contribution in [0, 0.1) is 17.6 Å². The lowest BCUT2D eigenvalue weighted by molar-refractivity contribution is 0.0761. The normalized spacial score (nSPS) is 20.2. The standard InChI is InChI=1S/C14H18F2N2O/c1-9-3-2-5-18(6-4-9)14(19)10-7-11(15)12(16)8-13(10)17/h7-9H,2-6,17H2,1H3. The van der Waals surface area contributed by atoms with Crippen LogP contribution in [0.2, 0.25) is 0 Å². The monoisotopic (exact) mass is 268 g/mol. The molecule has 3 nitrogen and oxygen atoms in total. The number of nitrogens with two attached hydrogens (primary N) is 1. The second-order valence-corrected chi connectivity index (χ2v) is 5.18. The molecule has 1 aliphatic heterocycles. The highest BCUT2D eigenvalue weighted by Crippen LogP contribution is 2.22. The van der Waals surface area contributed by atoms with Gasteiger partial charge in [-0.15, -0.1) is 0 Å². The van der Waals surface area contributed by atoms with E-state index in [0.717, 1.165) is 31.4 Å². The maximum Gasteiger partial charge on any atom is 0.256 e. The molecule has 0 bridgehead atoms. The van der Waals surface area contributed by atoms with Gasteiger partial charge in [-0.25, -0.2) is 8.78 Å². The Kier molecular flexibility index (Phi) is 4.02. The van der Waals surface area contributed by atoms with Crippen LogP contribution in [-0.4, -0.2) is 23.9 Å². The molecule has 104 valence electrons. The molecule has 0 radical (unpaired) electrons. The zero-order chi connectivity index (χ0) is 14.0. The smallest absolute Gasteiger partial charge is 0.256 e. The Morgan fingerprint density at radius 2 is 1.95 bits per heavy atom. The Balaban J connectivity index is 2.21. The van der Waals surface area contributed by atoms with Gasteiger partial charge >= 0.3 is 0 Å². The van der Waals surface area contributed by atoms with E-state index in [9.17, 15) is 13.6 Å². The number of likely N-dealkylation sites (tertiary alicyclic amines) is 1. The first-order chi connectivity index (χ1) is 8.99. The molecule has 1 atom stereocenters. The van der Waals surface area contributed by atoms with Gasteiger partial charge in [-0.1, -0.05) is 6.92 Å². The van der Waals surface area contributed by atoms with Gasteiger partial charge in [-0.2, -0.15) is 0 Å². The number of benzene rings is 1. The lowest BCUT2D eigenvalue weighted by Gasteiger charge is -2.21. The SMILES string of the molecule is CC1CCCN(C(=O)c2cc(F)c(F)cc2N)CC1. The Morgan fingerprint density at radius 1 is 1.26 bits per heavy atom. The molecule has 2 rings (SSSR count). The fourth-order valence-electron chi connectivity index (χ4n) is 2.38. The maximum absolute atomic E-state index is 13.2. The molecule has 0 aliphatic carbocycles. The Bertz CT molecular complexity index is 491. The number of nitrogen functional groups attached to an aromatic ring is 1. The van der Waals surface area contributed by atoms with Gasteiger partial charge in [0.15, 0.2) is 11.6 Å². The van der Waals surface area contributed by atoms with E-state index in [0.29, 0.717) is 19.0 Å². The third-order valence-corrected chi connectivity index (χ3v) is 3.63. The first kappa shape index (κ1) is 13.8. The second-order valence-electron chi connectivity index (χ2n) is 5.18. The first-order valence-corrected chi connectivity index (χ1v) is 6.53. The van der Waals surface area contributed by atoms with Crippen LogP contribution in [0.1, 0.15) is 36.5 Å². The van der Waals surface area contributed by atoms with E-state index in [1.807, 2.05) is 0 Å². The number of rotatable bonds is 1. The summed E-state index contributed by atoms with van der Waals surface area (Å²) in [4.78, 5) is 14.0. The lowest BCUT2D eigenvalue weighted by atomic mass is 10.0. The predicted molar refractivity (Wildman–Crippen MR) is 69.7 cm³/mol. The van der Waals surface area contributed by atoms with E-state index < -0.39 is 11.6 Å². The number of anilines is 1. The molecule has 1 unspecified atom stereocenters. The van der Waals surface area contributed by atoms with Crippen LogP contribution in [0.3, 0.4) is 0 Å². The average Bonchev–Trinajstić information content (AvgIpc) is 2.58. The van der Waals surface area contributed by atoms with Gasteiger partial charge in [0.25, 0.3) is 5.91 Å². The Labute approximate surface area is 111 Å². The van der Waals surface area contributed by atoms with Crippen molar-refractivity contribution in [1.29, 1.82) is 0 Å². The summed E-state index contributed by atoms with van der Waals surface area (Å²) in [5.74, 6) is -1.80. The number of hydrogen-bond acceptors (Lipinski definition) is 2. The molecule has 0 spiro atoms. The molecule has 1 fully saturated rings. The fraction of sp³-hybridized carbons (Fsp3) is 0.500. The van der Waals surface area contributed by atoms with Gasteiger partial charge in [0.05, 0.1) is 5.56 Å². The topological polar surface area (TPSA) is 46.3 Å². The van der Waals surface area contributed by atoms with Crippen LogP contribution in [0.15, 0.2) is 12.1 Å². The van der Waals surface area contributed by atoms with Crippen molar-refractivity contribution in [2.24, 2.45) is 5.92 Å². The first-order valence-electron chi connectivity index (χ1n) is 6.53. The predicted octanol–water partition coefficient (Wildman–Crippen LogP) is 2.81. The maximum atomic E-state index is 13.2. The van der Waals surface area contributed by atoms with Crippen LogP contribution in [0.5, 0.6) is 0 Å². The minimum absolute atomic E-state index is 0.0128. The minimum atomic E-state index is -1.04. The van der Waals surface area contributed by atoms with Crippen molar-refractivity contribution in [3.8, 4) is 0 Å². The van der Waals surface area contributed by atoms with Crippen molar-refractivity contribution < 1.29 is 13.6 Å². The summed E-state index contributed by atoms with van der Waals surface area (Å²) >= 11 is 0. The molecule has 2 N–H and O–H groups in total. The largest absolute Gasteiger partial charge is 0.398 e. The van der Waals surface area contributed by atoms with Crippen molar-refractivity contribution in [2.75, 3.05) is 18.8 Å². The zero-order valence-corrected chi connectivity index (χ0v) is 11.0. The van der Waals surface area contributed by atoms with E-state index in [4.69, 9.17) is 5.73 Å². The summed E-state index contributed by atoms with van der Waals surface area (Å²) in [6.45, 7) is 3.43. The number of carbonyl (C=O) groups is 1. The summed E-state index contributed by atoms with van der Waals surface area (Å²) in [5, 5.41) is 0. The molecule has 1 aromatic carbocycles. The molecular formula is C14H18F2N2O. The number of amides is 1. The third kappa shape index (κ3) is 3.03. The van der Waals surface area contributed by atoms with Crippen LogP contribution < -0.4 is 5.73 Å². The Morgan fingerprint density at radius 3 is 2.68 bits per heavy atom. The molecular weight excluding hydrogens is 250 g/mol. The van der Waals surface area contributed by atoms with Crippen LogP contribution in [0.25, 0.3) is 0 Å². The van der Waals surface area contributed by atoms with Gasteiger partial charge in [0, 0.05) is 24.8 Å². The summed E-state index contributed by atoms with van der Waals surface area (Å²) in [6, 6.07) is 1.75. The highest BCUT2D eigenvalue weighted by Gasteiger charge is 2.22. The van der Waals surface area contributed by atoms with Gasteiger partial charge in [0.1, 0.15) is 0 Å². The molecule has 1 saturated heterocycles. The lowest BCUT2D eigenvalue weighted by Crippen LogP contribution is -2.32. The Hall–Kier alpha value is -1.65. The third-order valence-electron chi connectivity index (χ3n) is 3.63. The molecule has 5 heteroatoms. The minimum Gasteiger partial charge on any atom is -0.398 e. The van der Waals surface area contributed by atoms with E-state index in [1.165, 1.54) is 0 Å². The van der Waals surface area contributed by atoms with Crippen molar-refractivity contribution in [1.82, 2.24) is 4.90 Å². The van der Waals surface area contributed by atoms with E-state index in [2.05, 4.69) is 6.92 Å².